The summed E-state index contributed by atoms with van der Waals surface area (Å²) >= 11 is 1.66. The van der Waals surface area contributed by atoms with Crippen molar-refractivity contribution in [1.82, 2.24) is 9.88 Å². The lowest BCUT2D eigenvalue weighted by Gasteiger charge is -2.26. The van der Waals surface area contributed by atoms with E-state index < -0.39 is 0 Å². The molecule has 0 spiro atoms. The van der Waals surface area contributed by atoms with Crippen LogP contribution in [0.4, 0.5) is 5.69 Å². The molecular weight excluding hydrogens is 470 g/mol. The van der Waals surface area contributed by atoms with Crippen molar-refractivity contribution >= 4 is 27.2 Å². The second kappa shape index (κ2) is 11.6. The van der Waals surface area contributed by atoms with Crippen LogP contribution in [0, 0.1) is 0 Å². The Labute approximate surface area is 216 Å². The lowest BCUT2D eigenvalue weighted by Crippen LogP contribution is -2.33. The second-order valence-electron chi connectivity index (χ2n) is 9.01. The topological polar surface area (TPSA) is 55.9 Å². The predicted molar refractivity (Wildman–Crippen MR) is 148 cm³/mol. The molecule has 1 aromatic heterocycles. The predicted octanol–water partition coefficient (Wildman–Crippen LogP) is 6.46. The first kappa shape index (κ1) is 24.4. The molecule has 0 atom stereocenters. The molecule has 7 heteroatoms. The molecule has 1 saturated heterocycles. The molecule has 1 N–H and O–H groups in total. The van der Waals surface area contributed by atoms with Crippen LogP contribution < -0.4 is 19.5 Å². The summed E-state index contributed by atoms with van der Waals surface area (Å²) in [4.78, 5) is 7.36. The third-order valence-electron chi connectivity index (χ3n) is 6.58. The van der Waals surface area contributed by atoms with Crippen molar-refractivity contribution in [1.29, 1.82) is 0 Å². The molecule has 0 saturated carbocycles. The van der Waals surface area contributed by atoms with Gasteiger partial charge in [-0.05, 0) is 74.0 Å². The number of hydrogen-bond donors (Lipinski definition) is 1. The molecule has 0 amide bonds. The zero-order valence-corrected chi connectivity index (χ0v) is 21.8. The normalized spacial score (nSPS) is 14.1. The Bertz CT molecular complexity index is 1280. The number of nitrogens with one attached hydrogen (secondary N) is 1. The van der Waals surface area contributed by atoms with Gasteiger partial charge in [0.2, 0.25) is 0 Å². The van der Waals surface area contributed by atoms with Gasteiger partial charge in [-0.15, -0.1) is 11.3 Å². The standard InChI is InChI=1S/C29H33N3O3S/c1-33-23-10-12-25(29-31-26-13-11-24(34-2)19-28(26)36-29)27(18-23)30-20-21-6-8-22(9-7-21)35-17-16-32-14-4-3-5-15-32/h6-13,18-19,30H,3-5,14-17,20H2,1-2H3. The van der Waals surface area contributed by atoms with E-state index in [1.54, 1.807) is 25.6 Å². The van der Waals surface area contributed by atoms with Crippen LogP contribution in [0.3, 0.4) is 0 Å². The van der Waals surface area contributed by atoms with Gasteiger partial charge in [-0.3, -0.25) is 4.90 Å². The maximum Gasteiger partial charge on any atom is 0.126 e. The number of piperidine rings is 1. The minimum atomic E-state index is 0.687. The highest BCUT2D eigenvalue weighted by Gasteiger charge is 2.13. The number of hydrogen-bond acceptors (Lipinski definition) is 7. The fourth-order valence-electron chi connectivity index (χ4n) is 4.51. The Morgan fingerprint density at radius 3 is 2.36 bits per heavy atom. The summed E-state index contributed by atoms with van der Waals surface area (Å²) in [5.41, 5.74) is 4.19. The molecule has 1 aliphatic rings. The number of rotatable bonds is 10. The van der Waals surface area contributed by atoms with Crippen molar-refractivity contribution in [3.63, 3.8) is 0 Å². The van der Waals surface area contributed by atoms with E-state index >= 15 is 0 Å². The largest absolute Gasteiger partial charge is 0.497 e. The molecule has 0 radical (unpaired) electrons. The summed E-state index contributed by atoms with van der Waals surface area (Å²) in [6.07, 6.45) is 3.98. The number of benzene rings is 3. The van der Waals surface area contributed by atoms with Crippen molar-refractivity contribution in [2.24, 2.45) is 0 Å². The summed E-state index contributed by atoms with van der Waals surface area (Å²) in [7, 11) is 3.37. The van der Waals surface area contributed by atoms with Crippen LogP contribution in [-0.2, 0) is 6.54 Å². The van der Waals surface area contributed by atoms with Gasteiger partial charge in [0, 0.05) is 30.4 Å². The van der Waals surface area contributed by atoms with Gasteiger partial charge in [0.1, 0.15) is 28.9 Å². The maximum absolute atomic E-state index is 5.98. The molecule has 6 nitrogen and oxygen atoms in total. The Morgan fingerprint density at radius 1 is 0.861 bits per heavy atom. The van der Waals surface area contributed by atoms with Gasteiger partial charge >= 0.3 is 0 Å². The van der Waals surface area contributed by atoms with Crippen molar-refractivity contribution in [3.8, 4) is 27.8 Å². The highest BCUT2D eigenvalue weighted by molar-refractivity contribution is 7.21. The van der Waals surface area contributed by atoms with Crippen LogP contribution in [0.25, 0.3) is 20.8 Å². The second-order valence-corrected chi connectivity index (χ2v) is 10.0. The molecule has 3 aromatic carbocycles. The van der Waals surface area contributed by atoms with Gasteiger partial charge in [0.05, 0.1) is 24.4 Å². The molecule has 2 heterocycles. The Balaban J connectivity index is 1.25. The minimum absolute atomic E-state index is 0.687. The quantitative estimate of drug-likeness (QED) is 0.268. The summed E-state index contributed by atoms with van der Waals surface area (Å²) < 4.78 is 17.9. The zero-order chi connectivity index (χ0) is 24.7. The van der Waals surface area contributed by atoms with E-state index in [0.717, 1.165) is 56.9 Å². The molecule has 0 unspecified atom stereocenters. The average Bonchev–Trinajstić information content (AvgIpc) is 3.36. The van der Waals surface area contributed by atoms with E-state index in [9.17, 15) is 0 Å². The maximum atomic E-state index is 5.98. The fourth-order valence-corrected chi connectivity index (χ4v) is 5.54. The molecule has 0 aliphatic carbocycles. The van der Waals surface area contributed by atoms with E-state index in [1.165, 1.54) is 37.9 Å². The van der Waals surface area contributed by atoms with Gasteiger partial charge in [-0.2, -0.15) is 0 Å². The van der Waals surface area contributed by atoms with Crippen LogP contribution in [0.5, 0.6) is 17.2 Å². The van der Waals surface area contributed by atoms with E-state index in [4.69, 9.17) is 19.2 Å². The molecule has 188 valence electrons. The minimum Gasteiger partial charge on any atom is -0.497 e. The van der Waals surface area contributed by atoms with Crippen molar-refractivity contribution in [3.05, 3.63) is 66.2 Å². The van der Waals surface area contributed by atoms with Crippen LogP contribution in [-0.4, -0.2) is 50.3 Å². The number of ether oxygens (including phenoxy) is 3. The first-order valence-electron chi connectivity index (χ1n) is 12.5. The summed E-state index contributed by atoms with van der Waals surface area (Å²) in [5, 5.41) is 4.55. The van der Waals surface area contributed by atoms with Gasteiger partial charge in [0.25, 0.3) is 0 Å². The molecule has 0 bridgehead atoms. The summed E-state index contributed by atoms with van der Waals surface area (Å²) in [6.45, 7) is 4.82. The number of fused-ring (bicyclic) bond motifs is 1. The molecule has 1 aliphatic heterocycles. The Morgan fingerprint density at radius 2 is 1.58 bits per heavy atom. The lowest BCUT2D eigenvalue weighted by molar-refractivity contribution is 0.183. The van der Waals surface area contributed by atoms with Gasteiger partial charge in [-0.25, -0.2) is 4.98 Å². The van der Waals surface area contributed by atoms with E-state index in [2.05, 4.69) is 40.5 Å². The van der Waals surface area contributed by atoms with Crippen molar-refractivity contribution < 1.29 is 14.2 Å². The average molecular weight is 504 g/mol. The molecule has 5 rings (SSSR count). The number of methoxy groups -OCH3 is 2. The molecule has 4 aromatic rings. The van der Waals surface area contributed by atoms with Crippen molar-refractivity contribution in [2.45, 2.75) is 25.8 Å². The first-order chi connectivity index (χ1) is 17.7. The highest BCUT2D eigenvalue weighted by atomic mass is 32.1. The monoisotopic (exact) mass is 503 g/mol. The summed E-state index contributed by atoms with van der Waals surface area (Å²) in [6, 6.07) is 20.4. The number of nitrogens with zero attached hydrogens (tertiary/aromatic N) is 2. The van der Waals surface area contributed by atoms with E-state index in [-0.39, 0.29) is 0 Å². The van der Waals surface area contributed by atoms with Crippen LogP contribution in [0.15, 0.2) is 60.7 Å². The lowest BCUT2D eigenvalue weighted by atomic mass is 10.1. The SMILES string of the molecule is COc1ccc(-c2nc3ccc(OC)cc3s2)c(NCc2ccc(OCCN3CCCCC3)cc2)c1. The third-order valence-corrected chi connectivity index (χ3v) is 7.64. The first-order valence-corrected chi connectivity index (χ1v) is 13.3. The van der Waals surface area contributed by atoms with Crippen LogP contribution >= 0.6 is 11.3 Å². The number of likely N-dealkylation sites (tertiary alicyclic amines) is 1. The highest BCUT2D eigenvalue weighted by Crippen LogP contribution is 2.37. The third kappa shape index (κ3) is 5.91. The van der Waals surface area contributed by atoms with Gasteiger partial charge < -0.3 is 19.5 Å². The van der Waals surface area contributed by atoms with Crippen LogP contribution in [0.2, 0.25) is 0 Å². The smallest absolute Gasteiger partial charge is 0.126 e. The molecule has 36 heavy (non-hydrogen) atoms. The number of thiazole rings is 1. The van der Waals surface area contributed by atoms with Gasteiger partial charge in [0.15, 0.2) is 0 Å². The zero-order valence-electron chi connectivity index (χ0n) is 21.0. The molecular formula is C29H33N3O3S. The number of aromatic nitrogens is 1. The van der Waals surface area contributed by atoms with E-state index in [1.807, 2.05) is 30.3 Å². The fraction of sp³-hybridized carbons (Fsp3) is 0.345. The summed E-state index contributed by atoms with van der Waals surface area (Å²) in [5.74, 6) is 2.56. The molecule has 1 fully saturated rings. The Kier molecular flexibility index (Phi) is 7.88. The number of anilines is 1. The Hall–Kier alpha value is -3.29. The van der Waals surface area contributed by atoms with E-state index in [0.29, 0.717) is 6.54 Å². The van der Waals surface area contributed by atoms with Gasteiger partial charge in [-0.1, -0.05) is 18.6 Å². The van der Waals surface area contributed by atoms with Crippen LogP contribution in [0.1, 0.15) is 24.8 Å². The van der Waals surface area contributed by atoms with Crippen molar-refractivity contribution in [2.75, 3.05) is 45.8 Å².